The number of nitrogens with one attached hydrogen (secondary N) is 3. The van der Waals surface area contributed by atoms with Gasteiger partial charge in [0.1, 0.15) is 17.2 Å². The van der Waals surface area contributed by atoms with Gasteiger partial charge in [-0.3, -0.25) is 4.90 Å². The van der Waals surface area contributed by atoms with Crippen molar-refractivity contribution in [3.05, 3.63) is 60.7 Å². The first kappa shape index (κ1) is 25.2. The summed E-state index contributed by atoms with van der Waals surface area (Å²) in [4.78, 5) is 39.6. The number of aromatic amines is 2. The van der Waals surface area contributed by atoms with Gasteiger partial charge in [-0.05, 0) is 58.6 Å². The van der Waals surface area contributed by atoms with Crippen LogP contribution in [0, 0.1) is 0 Å². The van der Waals surface area contributed by atoms with Crippen molar-refractivity contribution in [2.75, 3.05) is 13.1 Å². The van der Waals surface area contributed by atoms with Gasteiger partial charge in [-0.2, -0.15) is 0 Å². The van der Waals surface area contributed by atoms with Crippen molar-refractivity contribution in [2.24, 2.45) is 0 Å². The monoisotopic (exact) mass is 526 g/mol. The van der Waals surface area contributed by atoms with Crippen molar-refractivity contribution in [1.29, 1.82) is 0 Å². The van der Waals surface area contributed by atoms with Gasteiger partial charge in [-0.15, -0.1) is 0 Å². The minimum absolute atomic E-state index is 0.132. The van der Waals surface area contributed by atoms with Gasteiger partial charge in [0.2, 0.25) is 0 Å². The number of likely N-dealkylation sites (tertiary alicyclic amines) is 1. The summed E-state index contributed by atoms with van der Waals surface area (Å²) >= 11 is 0. The van der Waals surface area contributed by atoms with Gasteiger partial charge in [0, 0.05) is 30.1 Å². The summed E-state index contributed by atoms with van der Waals surface area (Å²) in [6.45, 7) is 7.34. The summed E-state index contributed by atoms with van der Waals surface area (Å²) in [7, 11) is 0. The molecule has 1 aromatic carbocycles. The number of amides is 1. The number of benzene rings is 1. The van der Waals surface area contributed by atoms with Crippen LogP contribution in [0.25, 0.3) is 33.9 Å². The molecule has 0 radical (unpaired) electrons. The van der Waals surface area contributed by atoms with Crippen LogP contribution >= 0.6 is 0 Å². The molecular weight excluding hydrogens is 492 g/mol. The summed E-state index contributed by atoms with van der Waals surface area (Å²) in [6, 6.07) is 8.36. The highest BCUT2D eigenvalue weighted by atomic mass is 16.6. The second-order valence-electron chi connectivity index (χ2n) is 11.2. The van der Waals surface area contributed by atoms with Crippen LogP contribution in [0.2, 0.25) is 0 Å². The van der Waals surface area contributed by atoms with E-state index in [2.05, 4.69) is 47.4 Å². The molecule has 0 bridgehead atoms. The summed E-state index contributed by atoms with van der Waals surface area (Å²) in [5.74, 6) is 2.40. The summed E-state index contributed by atoms with van der Waals surface area (Å²) in [5.41, 5.74) is 4.13. The Hall–Kier alpha value is -4.05. The highest BCUT2D eigenvalue weighted by molar-refractivity contribution is 5.69. The largest absolute Gasteiger partial charge is 0.444 e. The highest BCUT2D eigenvalue weighted by Gasteiger charge is 2.34. The Morgan fingerprint density at radius 3 is 2.21 bits per heavy atom. The molecule has 1 amide bonds. The average Bonchev–Trinajstić information content (AvgIpc) is 3.74. The number of hydrogen-bond acceptors (Lipinski definition) is 7. The molecule has 2 aliphatic rings. The topological polar surface area (TPSA) is 125 Å². The Balaban J connectivity index is 1.13. The number of H-pyrrole nitrogens is 2. The summed E-state index contributed by atoms with van der Waals surface area (Å²) < 4.78 is 5.59. The smallest absolute Gasteiger partial charge is 0.410 e. The number of carbonyl (C=O) groups is 1. The van der Waals surface area contributed by atoms with Crippen LogP contribution in [0.5, 0.6) is 0 Å². The predicted octanol–water partition coefficient (Wildman–Crippen LogP) is 5.42. The molecule has 2 fully saturated rings. The van der Waals surface area contributed by atoms with Crippen LogP contribution in [0.15, 0.2) is 49.1 Å². The van der Waals surface area contributed by atoms with E-state index in [-0.39, 0.29) is 12.1 Å². The molecule has 10 nitrogen and oxygen atoms in total. The Labute approximate surface area is 227 Å². The Bertz CT molecular complexity index is 1430. The molecule has 3 N–H and O–H groups in total. The fourth-order valence-electron chi connectivity index (χ4n) is 5.24. The first-order valence-electron chi connectivity index (χ1n) is 13.6. The summed E-state index contributed by atoms with van der Waals surface area (Å²) in [5, 5.41) is 3.48. The van der Waals surface area contributed by atoms with Crippen molar-refractivity contribution in [3.63, 3.8) is 0 Å². The maximum absolute atomic E-state index is 12.7. The number of ether oxygens (including phenoxy) is 1. The van der Waals surface area contributed by atoms with E-state index in [1.54, 1.807) is 23.5 Å². The van der Waals surface area contributed by atoms with Gasteiger partial charge in [0.15, 0.2) is 5.82 Å². The molecule has 1 unspecified atom stereocenters. The number of hydrogen-bond donors (Lipinski definition) is 3. The normalized spacial score (nSPS) is 19.5. The Morgan fingerprint density at radius 1 is 0.846 bits per heavy atom. The third-order valence-corrected chi connectivity index (χ3v) is 7.19. The zero-order valence-electron chi connectivity index (χ0n) is 22.6. The molecule has 5 heterocycles. The SMILES string of the molecule is CC(C)(C)OC(=O)N1CCC[C@H]1c1ncc(-c2cnc(-c3ccc(-c4cnc(C5CCCN5)[nH]4)cc3)nc2)[nH]1. The molecule has 202 valence electrons. The van der Waals surface area contributed by atoms with Gasteiger partial charge in [0.05, 0.1) is 35.9 Å². The maximum Gasteiger partial charge on any atom is 0.410 e. The van der Waals surface area contributed by atoms with E-state index in [0.717, 1.165) is 65.5 Å². The lowest BCUT2D eigenvalue weighted by Crippen LogP contribution is -2.36. The lowest BCUT2D eigenvalue weighted by molar-refractivity contribution is 0.0218. The molecule has 0 aliphatic carbocycles. The fourth-order valence-corrected chi connectivity index (χ4v) is 5.24. The number of aromatic nitrogens is 6. The van der Waals surface area contributed by atoms with Crippen molar-refractivity contribution in [3.8, 4) is 33.9 Å². The van der Waals surface area contributed by atoms with Gasteiger partial charge in [-0.1, -0.05) is 24.3 Å². The third kappa shape index (κ3) is 5.42. The third-order valence-electron chi connectivity index (χ3n) is 7.19. The molecular formula is C29H34N8O2. The maximum atomic E-state index is 12.7. The second kappa shape index (κ2) is 10.3. The molecule has 0 saturated carbocycles. The van der Waals surface area contributed by atoms with E-state index in [1.165, 1.54) is 6.42 Å². The van der Waals surface area contributed by atoms with Crippen LogP contribution < -0.4 is 5.32 Å². The molecule has 2 atom stereocenters. The van der Waals surface area contributed by atoms with Crippen molar-refractivity contribution < 1.29 is 9.53 Å². The minimum Gasteiger partial charge on any atom is -0.444 e. The molecule has 39 heavy (non-hydrogen) atoms. The number of carbonyl (C=O) groups excluding carboxylic acids is 1. The van der Waals surface area contributed by atoms with Gasteiger partial charge >= 0.3 is 6.09 Å². The number of imidazole rings is 2. The van der Waals surface area contributed by atoms with E-state index < -0.39 is 5.60 Å². The standard InChI is InChI=1S/C29H34N8O2/c1-29(2,3)39-28(38)37-13-5-7-24(37)27-34-17-23(36-27)20-14-31-25(32-15-20)19-10-8-18(9-11-19)22-16-33-26(35-22)21-6-4-12-30-21/h8-11,14-17,21,24,30H,4-7,12-13H2,1-3H3,(H,33,35)(H,34,36)/t21?,24-/m0/s1. The molecule has 2 aliphatic heterocycles. The van der Waals surface area contributed by atoms with E-state index in [0.29, 0.717) is 18.4 Å². The molecule has 3 aromatic heterocycles. The van der Waals surface area contributed by atoms with Crippen molar-refractivity contribution >= 4 is 6.09 Å². The number of rotatable bonds is 5. The highest BCUT2D eigenvalue weighted by Crippen LogP contribution is 2.33. The quantitative estimate of drug-likeness (QED) is 0.317. The Morgan fingerprint density at radius 2 is 1.51 bits per heavy atom. The second-order valence-corrected chi connectivity index (χ2v) is 11.2. The first-order valence-corrected chi connectivity index (χ1v) is 13.6. The fraction of sp³-hybridized carbons (Fsp3) is 0.414. The molecule has 10 heteroatoms. The van der Waals surface area contributed by atoms with E-state index >= 15 is 0 Å². The van der Waals surface area contributed by atoms with Crippen LogP contribution in [-0.2, 0) is 4.74 Å². The molecule has 2 saturated heterocycles. The van der Waals surface area contributed by atoms with E-state index in [9.17, 15) is 4.79 Å². The lowest BCUT2D eigenvalue weighted by atomic mass is 10.1. The first-order chi connectivity index (χ1) is 18.8. The predicted molar refractivity (Wildman–Crippen MR) is 148 cm³/mol. The lowest BCUT2D eigenvalue weighted by Gasteiger charge is -2.27. The Kier molecular flexibility index (Phi) is 6.64. The minimum atomic E-state index is -0.534. The van der Waals surface area contributed by atoms with Crippen molar-refractivity contribution in [2.45, 2.75) is 64.1 Å². The summed E-state index contributed by atoms with van der Waals surface area (Å²) in [6.07, 6.45) is 11.0. The molecule has 6 rings (SSSR count). The van der Waals surface area contributed by atoms with Crippen molar-refractivity contribution in [1.82, 2.24) is 40.1 Å². The zero-order valence-corrected chi connectivity index (χ0v) is 22.6. The molecule has 4 aromatic rings. The average molecular weight is 527 g/mol. The van der Waals surface area contributed by atoms with Crippen LogP contribution in [-0.4, -0.2) is 59.6 Å². The zero-order chi connectivity index (χ0) is 27.0. The van der Waals surface area contributed by atoms with E-state index in [4.69, 9.17) is 4.74 Å². The van der Waals surface area contributed by atoms with Crippen LogP contribution in [0.1, 0.15) is 70.2 Å². The van der Waals surface area contributed by atoms with Crippen LogP contribution in [0.4, 0.5) is 4.79 Å². The van der Waals surface area contributed by atoms with Gasteiger partial charge < -0.3 is 20.0 Å². The number of nitrogens with zero attached hydrogens (tertiary/aromatic N) is 5. The van der Waals surface area contributed by atoms with Gasteiger partial charge in [0.25, 0.3) is 0 Å². The van der Waals surface area contributed by atoms with Crippen LogP contribution in [0.3, 0.4) is 0 Å². The van der Waals surface area contributed by atoms with E-state index in [1.807, 2.05) is 39.1 Å². The van der Waals surface area contributed by atoms with Gasteiger partial charge in [-0.25, -0.2) is 24.7 Å². The molecule has 0 spiro atoms.